The molecular formula is C18H22N2O6. The molecule has 26 heavy (non-hydrogen) atoms. The lowest BCUT2D eigenvalue weighted by atomic mass is 9.91. The SMILES string of the molecule is COc1cc2c(cc1OC)N(OC=O)C(C)C(=CN1CCOCC1)C2=O. The highest BCUT2D eigenvalue weighted by Crippen LogP contribution is 2.41. The molecule has 140 valence electrons. The first-order chi connectivity index (χ1) is 12.6. The number of hydrogen-bond donors (Lipinski definition) is 0. The summed E-state index contributed by atoms with van der Waals surface area (Å²) >= 11 is 0. The van der Waals surface area contributed by atoms with Crippen LogP contribution in [0.1, 0.15) is 17.3 Å². The van der Waals surface area contributed by atoms with E-state index >= 15 is 0 Å². The molecule has 0 radical (unpaired) electrons. The fourth-order valence-electron chi connectivity index (χ4n) is 3.18. The van der Waals surface area contributed by atoms with Gasteiger partial charge in [-0.2, -0.15) is 5.06 Å². The van der Waals surface area contributed by atoms with E-state index in [0.717, 1.165) is 0 Å². The van der Waals surface area contributed by atoms with Crippen molar-refractivity contribution in [3.8, 4) is 11.5 Å². The lowest BCUT2D eigenvalue weighted by Crippen LogP contribution is -2.43. The molecule has 0 N–H and O–H groups in total. The third-order valence-electron chi connectivity index (χ3n) is 4.57. The molecule has 8 nitrogen and oxygen atoms in total. The lowest BCUT2D eigenvalue weighted by Gasteiger charge is -2.36. The van der Waals surface area contributed by atoms with E-state index in [0.29, 0.717) is 61.1 Å². The third-order valence-corrected chi connectivity index (χ3v) is 4.57. The van der Waals surface area contributed by atoms with Crippen LogP contribution in [0.3, 0.4) is 0 Å². The van der Waals surface area contributed by atoms with Gasteiger partial charge in [0.05, 0.1) is 44.7 Å². The maximum absolute atomic E-state index is 13.1. The van der Waals surface area contributed by atoms with Crippen LogP contribution in [0.25, 0.3) is 0 Å². The number of nitrogens with zero attached hydrogens (tertiary/aromatic N) is 2. The Morgan fingerprint density at radius 3 is 2.42 bits per heavy atom. The minimum absolute atomic E-state index is 0.134. The average molecular weight is 362 g/mol. The molecular weight excluding hydrogens is 340 g/mol. The van der Waals surface area contributed by atoms with Gasteiger partial charge >= 0.3 is 6.47 Å². The smallest absolute Gasteiger partial charge is 0.320 e. The summed E-state index contributed by atoms with van der Waals surface area (Å²) < 4.78 is 16.0. The number of benzene rings is 1. The minimum atomic E-state index is -0.443. The molecule has 1 atom stereocenters. The Morgan fingerprint density at radius 1 is 1.15 bits per heavy atom. The highest BCUT2D eigenvalue weighted by molar-refractivity contribution is 6.15. The van der Waals surface area contributed by atoms with Crippen molar-refractivity contribution in [2.45, 2.75) is 13.0 Å². The van der Waals surface area contributed by atoms with E-state index in [9.17, 15) is 9.59 Å². The number of Topliss-reactive ketones (excluding diaryl/α,β-unsaturated/α-hetero) is 1. The molecule has 0 saturated carbocycles. The molecule has 2 aliphatic rings. The number of carbonyl (C=O) groups excluding carboxylic acids is 2. The van der Waals surface area contributed by atoms with Crippen LogP contribution in [0.2, 0.25) is 0 Å². The molecule has 0 aliphatic carbocycles. The third kappa shape index (κ3) is 3.20. The lowest BCUT2D eigenvalue weighted by molar-refractivity contribution is -0.130. The number of rotatable bonds is 5. The molecule has 0 amide bonds. The molecule has 1 aromatic rings. The Labute approximate surface area is 151 Å². The van der Waals surface area contributed by atoms with Crippen LogP contribution in [0.5, 0.6) is 11.5 Å². The van der Waals surface area contributed by atoms with Crippen molar-refractivity contribution in [3.63, 3.8) is 0 Å². The first kappa shape index (κ1) is 18.1. The number of carbonyl (C=O) groups is 2. The summed E-state index contributed by atoms with van der Waals surface area (Å²) in [5.74, 6) is 0.753. The average Bonchev–Trinajstić information content (AvgIpc) is 2.68. The van der Waals surface area contributed by atoms with Crippen molar-refractivity contribution in [3.05, 3.63) is 29.5 Å². The van der Waals surface area contributed by atoms with Gasteiger partial charge in [-0.3, -0.25) is 9.59 Å². The van der Waals surface area contributed by atoms with Gasteiger partial charge in [-0.25, -0.2) is 0 Å². The van der Waals surface area contributed by atoms with Crippen LogP contribution < -0.4 is 14.5 Å². The Morgan fingerprint density at radius 2 is 1.81 bits per heavy atom. The van der Waals surface area contributed by atoms with E-state index in [-0.39, 0.29) is 5.78 Å². The number of ketones is 1. The highest BCUT2D eigenvalue weighted by atomic mass is 16.7. The van der Waals surface area contributed by atoms with Crippen molar-refractivity contribution >= 4 is 17.9 Å². The number of ether oxygens (including phenoxy) is 3. The topological polar surface area (TPSA) is 77.5 Å². The van der Waals surface area contributed by atoms with Gasteiger partial charge in [-0.1, -0.05) is 0 Å². The number of hydrogen-bond acceptors (Lipinski definition) is 8. The van der Waals surface area contributed by atoms with Crippen LogP contribution in [0.15, 0.2) is 23.9 Å². The molecule has 1 aromatic carbocycles. The number of hydroxylamine groups is 1. The van der Waals surface area contributed by atoms with E-state index in [1.807, 2.05) is 18.0 Å². The molecule has 1 unspecified atom stereocenters. The van der Waals surface area contributed by atoms with E-state index in [1.54, 1.807) is 12.1 Å². The van der Waals surface area contributed by atoms with Gasteiger partial charge in [0.2, 0.25) is 0 Å². The second kappa shape index (κ2) is 7.65. The van der Waals surface area contributed by atoms with Crippen molar-refractivity contribution in [2.24, 2.45) is 0 Å². The Bertz CT molecular complexity index is 727. The number of methoxy groups -OCH3 is 2. The summed E-state index contributed by atoms with van der Waals surface area (Å²) in [6.07, 6.45) is 1.83. The predicted octanol–water partition coefficient (Wildman–Crippen LogP) is 1.40. The fraction of sp³-hybridized carbons (Fsp3) is 0.444. The van der Waals surface area contributed by atoms with Gasteiger partial charge in [-0.15, -0.1) is 0 Å². The monoisotopic (exact) mass is 362 g/mol. The van der Waals surface area contributed by atoms with Crippen molar-refractivity contribution in [2.75, 3.05) is 45.6 Å². The quantitative estimate of drug-likeness (QED) is 0.575. The van der Waals surface area contributed by atoms with Crippen LogP contribution in [-0.4, -0.2) is 63.7 Å². The predicted molar refractivity (Wildman–Crippen MR) is 93.4 cm³/mol. The summed E-state index contributed by atoms with van der Waals surface area (Å²) in [6.45, 7) is 4.80. The van der Waals surface area contributed by atoms with Crippen LogP contribution >= 0.6 is 0 Å². The standard InChI is InChI=1S/C18H22N2O6/c1-12-14(10-19-4-6-25-7-5-19)18(22)13-8-16(23-2)17(24-3)9-15(13)20(12)26-11-21/h8-12H,4-7H2,1-3H3. The number of fused-ring (bicyclic) bond motifs is 1. The van der Waals surface area contributed by atoms with E-state index in [2.05, 4.69) is 0 Å². The van der Waals surface area contributed by atoms with Crippen LogP contribution in [0, 0.1) is 0 Å². The summed E-state index contributed by atoms with van der Waals surface area (Å²) in [7, 11) is 3.01. The van der Waals surface area contributed by atoms with E-state index in [1.165, 1.54) is 19.3 Å². The maximum Gasteiger partial charge on any atom is 0.320 e. The number of morpholine rings is 1. The molecule has 0 spiro atoms. The summed E-state index contributed by atoms with van der Waals surface area (Å²) in [5, 5.41) is 1.41. The zero-order chi connectivity index (χ0) is 18.7. The molecule has 1 fully saturated rings. The van der Waals surface area contributed by atoms with Crippen molar-refractivity contribution in [1.82, 2.24) is 4.90 Å². The zero-order valence-electron chi connectivity index (χ0n) is 15.1. The molecule has 0 aromatic heterocycles. The van der Waals surface area contributed by atoms with Crippen molar-refractivity contribution in [1.29, 1.82) is 0 Å². The van der Waals surface area contributed by atoms with Crippen LogP contribution in [0.4, 0.5) is 5.69 Å². The minimum Gasteiger partial charge on any atom is -0.493 e. The fourth-order valence-corrected chi connectivity index (χ4v) is 3.18. The molecule has 1 saturated heterocycles. The summed E-state index contributed by atoms with van der Waals surface area (Å²) in [6, 6.07) is 2.80. The number of anilines is 1. The Balaban J connectivity index is 2.08. The summed E-state index contributed by atoms with van der Waals surface area (Å²) in [5.41, 5.74) is 1.39. The largest absolute Gasteiger partial charge is 0.493 e. The molecule has 2 heterocycles. The van der Waals surface area contributed by atoms with Gasteiger partial charge in [0.1, 0.15) is 0 Å². The molecule has 8 heteroatoms. The van der Waals surface area contributed by atoms with E-state index in [4.69, 9.17) is 19.0 Å². The first-order valence-corrected chi connectivity index (χ1v) is 8.34. The first-order valence-electron chi connectivity index (χ1n) is 8.34. The zero-order valence-corrected chi connectivity index (χ0v) is 15.1. The highest BCUT2D eigenvalue weighted by Gasteiger charge is 2.36. The normalized spacial score (nSPS) is 21.4. The molecule has 2 aliphatic heterocycles. The van der Waals surface area contributed by atoms with Gasteiger partial charge in [0.25, 0.3) is 0 Å². The van der Waals surface area contributed by atoms with Crippen LogP contribution in [-0.2, 0) is 14.4 Å². The summed E-state index contributed by atoms with van der Waals surface area (Å²) in [4.78, 5) is 31.4. The van der Waals surface area contributed by atoms with Gasteiger partial charge in [0, 0.05) is 30.9 Å². The molecule has 3 rings (SSSR count). The Hall–Kier alpha value is -2.74. The molecule has 0 bridgehead atoms. The van der Waals surface area contributed by atoms with Gasteiger partial charge in [-0.05, 0) is 13.0 Å². The van der Waals surface area contributed by atoms with Crippen molar-refractivity contribution < 1.29 is 28.6 Å². The Kier molecular flexibility index (Phi) is 5.32. The maximum atomic E-state index is 13.1. The second-order valence-electron chi connectivity index (χ2n) is 5.99. The van der Waals surface area contributed by atoms with Gasteiger partial charge < -0.3 is 23.9 Å². The van der Waals surface area contributed by atoms with E-state index < -0.39 is 6.04 Å². The van der Waals surface area contributed by atoms with Gasteiger partial charge in [0.15, 0.2) is 17.3 Å². The second-order valence-corrected chi connectivity index (χ2v) is 5.99.